The van der Waals surface area contributed by atoms with Crippen molar-refractivity contribution in [3.05, 3.63) is 59.0 Å². The lowest BCUT2D eigenvalue weighted by Crippen LogP contribution is -2.49. The normalized spacial score (nSPS) is 13.6. The molecule has 4 aromatic rings. The second kappa shape index (κ2) is 11.5. The highest BCUT2D eigenvalue weighted by Gasteiger charge is 2.46. The van der Waals surface area contributed by atoms with Crippen LogP contribution >= 0.6 is 0 Å². The maximum Gasteiger partial charge on any atom is 0.411 e. The van der Waals surface area contributed by atoms with Gasteiger partial charge in [0.2, 0.25) is 0 Å². The summed E-state index contributed by atoms with van der Waals surface area (Å²) < 4.78 is 20.1. The summed E-state index contributed by atoms with van der Waals surface area (Å²) in [4.78, 5) is 23.9. The lowest BCUT2D eigenvalue weighted by atomic mass is 9.85. The zero-order chi connectivity index (χ0) is 31.0. The highest BCUT2D eigenvalue weighted by atomic mass is 28.3. The number of methoxy groups -OCH3 is 1. The van der Waals surface area contributed by atoms with E-state index in [1.54, 1.807) is 25.1 Å². The predicted octanol–water partition coefficient (Wildman–Crippen LogP) is 7.15. The minimum atomic E-state index is -1.33. The van der Waals surface area contributed by atoms with E-state index in [-0.39, 0.29) is 6.73 Å². The quantitative estimate of drug-likeness (QED) is 0.164. The van der Waals surface area contributed by atoms with Gasteiger partial charge in [0.15, 0.2) is 0 Å². The first-order valence-electron chi connectivity index (χ1n) is 14.2. The Labute approximate surface area is 249 Å². The van der Waals surface area contributed by atoms with E-state index in [9.17, 15) is 10.1 Å². The summed E-state index contributed by atoms with van der Waals surface area (Å²) in [6.07, 6.45) is 1.38. The number of carbonyl (C=O) groups excluding carboxylic acids is 1. The molecule has 0 aliphatic carbocycles. The molecule has 1 atom stereocenters. The number of hydrogen-bond acceptors (Lipinski definition) is 6. The number of aromatic amines is 1. The number of imidazole rings is 1. The number of carbonyl (C=O) groups is 1. The number of nitriles is 1. The Hall–Kier alpha value is -3.81. The van der Waals surface area contributed by atoms with Crippen LogP contribution in [-0.4, -0.2) is 60.0 Å². The van der Waals surface area contributed by atoms with Gasteiger partial charge in [0.1, 0.15) is 29.4 Å². The monoisotopic (exact) mass is 589 g/mol. The van der Waals surface area contributed by atoms with Gasteiger partial charge in [0.05, 0.1) is 29.8 Å². The van der Waals surface area contributed by atoms with E-state index in [0.717, 1.165) is 33.6 Å². The van der Waals surface area contributed by atoms with Crippen molar-refractivity contribution in [1.29, 1.82) is 5.26 Å². The number of hydrogen-bond donors (Lipinski definition) is 1. The number of nitrogens with one attached hydrogen (secondary N) is 1. The molecule has 0 spiro atoms. The van der Waals surface area contributed by atoms with Gasteiger partial charge in [-0.05, 0) is 76.6 Å². The standard InChI is InChI=1S/C32H43N5O4Si/c1-21-17-26(39-7)27(23-13-14-34-28(21)23)32(5,36(6)30(38)41-31(2,3)4)29-35-24-12-11-22(19-33)18-25(24)37(29)20-40-15-16-42(8,9)10/h11-14,17-18,34H,15-16,20H2,1-10H3. The molecule has 9 nitrogen and oxygen atoms in total. The maximum absolute atomic E-state index is 13.8. The summed E-state index contributed by atoms with van der Waals surface area (Å²) in [5.74, 6) is 1.19. The van der Waals surface area contributed by atoms with Crippen molar-refractivity contribution in [2.45, 2.75) is 78.2 Å². The van der Waals surface area contributed by atoms with Gasteiger partial charge >= 0.3 is 6.09 Å². The number of rotatable bonds is 9. The van der Waals surface area contributed by atoms with Crippen molar-refractivity contribution in [1.82, 2.24) is 19.4 Å². The van der Waals surface area contributed by atoms with E-state index in [4.69, 9.17) is 19.2 Å². The van der Waals surface area contributed by atoms with Crippen LogP contribution in [0.3, 0.4) is 0 Å². The second-order valence-electron chi connectivity index (χ2n) is 13.2. The molecule has 224 valence electrons. The smallest absolute Gasteiger partial charge is 0.411 e. The van der Waals surface area contributed by atoms with Crippen LogP contribution in [0.15, 0.2) is 36.5 Å². The number of nitrogens with zero attached hydrogens (tertiary/aromatic N) is 4. The molecule has 1 unspecified atom stereocenters. The van der Waals surface area contributed by atoms with Crippen LogP contribution in [0, 0.1) is 18.3 Å². The summed E-state index contributed by atoms with van der Waals surface area (Å²) in [5.41, 5.74) is 2.77. The Bertz CT molecular complexity index is 1650. The van der Waals surface area contributed by atoms with Gasteiger partial charge in [0, 0.05) is 44.4 Å². The van der Waals surface area contributed by atoms with E-state index < -0.39 is 25.3 Å². The van der Waals surface area contributed by atoms with E-state index in [2.05, 4.69) is 30.7 Å². The zero-order valence-electron chi connectivity index (χ0n) is 26.5. The summed E-state index contributed by atoms with van der Waals surface area (Å²) in [5, 5.41) is 10.6. The van der Waals surface area contributed by atoms with Crippen molar-refractivity contribution >= 4 is 36.1 Å². The van der Waals surface area contributed by atoms with Gasteiger partial charge < -0.3 is 23.8 Å². The molecule has 0 radical (unpaired) electrons. The number of H-pyrrole nitrogens is 1. The number of ether oxygens (including phenoxy) is 3. The average molecular weight is 590 g/mol. The first-order valence-corrected chi connectivity index (χ1v) is 17.9. The highest BCUT2D eigenvalue weighted by molar-refractivity contribution is 6.76. The average Bonchev–Trinajstić information content (AvgIpc) is 3.54. The highest BCUT2D eigenvalue weighted by Crippen LogP contribution is 2.45. The number of aryl methyl sites for hydroxylation is 1. The number of amides is 1. The lowest BCUT2D eigenvalue weighted by Gasteiger charge is -2.40. The SMILES string of the molecule is COc1cc(C)c2[nH]ccc2c1C(C)(c1nc2ccc(C#N)cc2n1COCC[Si](C)(C)C)N(C)C(=O)OC(C)(C)C. The molecule has 10 heteroatoms. The molecule has 0 saturated heterocycles. The summed E-state index contributed by atoms with van der Waals surface area (Å²) >= 11 is 0. The summed E-state index contributed by atoms with van der Waals surface area (Å²) in [6, 6.07) is 12.6. The third kappa shape index (κ3) is 6.03. The molecule has 0 aliphatic heterocycles. The van der Waals surface area contributed by atoms with Crippen molar-refractivity contribution in [2.75, 3.05) is 20.8 Å². The Morgan fingerprint density at radius 1 is 1.17 bits per heavy atom. The molecule has 0 fully saturated rings. The van der Waals surface area contributed by atoms with Gasteiger partial charge in [-0.3, -0.25) is 4.90 Å². The van der Waals surface area contributed by atoms with Gasteiger partial charge in [0.25, 0.3) is 0 Å². The van der Waals surface area contributed by atoms with Gasteiger partial charge in [-0.2, -0.15) is 5.26 Å². The Morgan fingerprint density at radius 3 is 2.50 bits per heavy atom. The van der Waals surface area contributed by atoms with Gasteiger partial charge in [-0.1, -0.05) is 19.6 Å². The Balaban J connectivity index is 2.04. The Kier molecular flexibility index (Phi) is 8.49. The molecule has 4 rings (SSSR count). The van der Waals surface area contributed by atoms with Crippen LogP contribution in [0.1, 0.15) is 50.2 Å². The fourth-order valence-electron chi connectivity index (χ4n) is 5.21. The third-order valence-electron chi connectivity index (χ3n) is 7.58. The van der Waals surface area contributed by atoms with Crippen molar-refractivity contribution < 1.29 is 19.0 Å². The van der Waals surface area contributed by atoms with Crippen molar-refractivity contribution in [3.63, 3.8) is 0 Å². The number of fused-ring (bicyclic) bond motifs is 2. The van der Waals surface area contributed by atoms with Gasteiger partial charge in [-0.25, -0.2) is 9.78 Å². The molecule has 2 aromatic carbocycles. The van der Waals surface area contributed by atoms with Crippen LogP contribution in [0.2, 0.25) is 25.7 Å². The Morgan fingerprint density at radius 2 is 1.88 bits per heavy atom. The number of benzene rings is 2. The topological polar surface area (TPSA) is 105 Å². The summed E-state index contributed by atoms with van der Waals surface area (Å²) in [7, 11) is 2.03. The third-order valence-corrected chi connectivity index (χ3v) is 9.28. The first-order chi connectivity index (χ1) is 19.6. The van der Waals surface area contributed by atoms with E-state index in [0.29, 0.717) is 29.3 Å². The largest absolute Gasteiger partial charge is 0.496 e. The molecule has 42 heavy (non-hydrogen) atoms. The van der Waals surface area contributed by atoms with E-state index in [1.807, 2.05) is 69.6 Å². The molecule has 2 aromatic heterocycles. The molecule has 0 bridgehead atoms. The van der Waals surface area contributed by atoms with E-state index >= 15 is 0 Å². The van der Waals surface area contributed by atoms with E-state index in [1.165, 1.54) is 0 Å². The molecular formula is C32H43N5O4Si. The predicted molar refractivity (Wildman–Crippen MR) is 169 cm³/mol. The number of aromatic nitrogens is 3. The van der Waals surface area contributed by atoms with Crippen molar-refractivity contribution in [2.24, 2.45) is 0 Å². The molecule has 2 heterocycles. The van der Waals surface area contributed by atoms with Crippen LogP contribution in [0.25, 0.3) is 21.9 Å². The van der Waals surface area contributed by atoms with Crippen LogP contribution in [-0.2, 0) is 21.7 Å². The van der Waals surface area contributed by atoms with Crippen LogP contribution in [0.5, 0.6) is 5.75 Å². The van der Waals surface area contributed by atoms with Gasteiger partial charge in [-0.15, -0.1) is 0 Å². The fourth-order valence-corrected chi connectivity index (χ4v) is 5.97. The zero-order valence-corrected chi connectivity index (χ0v) is 27.5. The lowest BCUT2D eigenvalue weighted by molar-refractivity contribution is 0.0101. The molecule has 1 amide bonds. The second-order valence-corrected chi connectivity index (χ2v) is 18.8. The maximum atomic E-state index is 13.8. The summed E-state index contributed by atoms with van der Waals surface area (Å²) in [6.45, 7) is 17.2. The van der Waals surface area contributed by atoms with Crippen LogP contribution in [0.4, 0.5) is 4.79 Å². The fraction of sp³-hybridized carbons (Fsp3) is 0.469. The molecule has 1 N–H and O–H groups in total. The first kappa shape index (κ1) is 31.1. The molecular weight excluding hydrogens is 546 g/mol. The minimum absolute atomic E-state index is 0.202. The molecule has 0 aliphatic rings. The van der Waals surface area contributed by atoms with Crippen molar-refractivity contribution in [3.8, 4) is 11.8 Å². The minimum Gasteiger partial charge on any atom is -0.496 e. The van der Waals surface area contributed by atoms with Crippen LogP contribution < -0.4 is 4.74 Å². The molecule has 0 saturated carbocycles.